The molecule has 0 spiro atoms. The van der Waals surface area contributed by atoms with Gasteiger partial charge in [0.05, 0.1) is 0 Å². The Bertz CT molecular complexity index is 388. The van der Waals surface area contributed by atoms with Crippen molar-refractivity contribution < 1.29 is 4.74 Å². The number of hydrogen-bond acceptors (Lipinski definition) is 2. The molecule has 112 valence electrons. The van der Waals surface area contributed by atoms with Crippen LogP contribution in [0, 0.1) is 11.8 Å². The SMILES string of the molecule is COCCC(C)C(CNC1CC1)Cc1ccc(Cl)cc1. The lowest BCUT2D eigenvalue weighted by molar-refractivity contribution is 0.163. The van der Waals surface area contributed by atoms with Crippen LogP contribution < -0.4 is 5.32 Å². The summed E-state index contributed by atoms with van der Waals surface area (Å²) in [5.74, 6) is 1.32. The summed E-state index contributed by atoms with van der Waals surface area (Å²) in [5.41, 5.74) is 1.38. The summed E-state index contributed by atoms with van der Waals surface area (Å²) in [6.45, 7) is 4.30. The third-order valence-electron chi connectivity index (χ3n) is 4.24. The minimum atomic E-state index is 0.659. The minimum absolute atomic E-state index is 0.659. The highest BCUT2D eigenvalue weighted by Crippen LogP contribution is 2.24. The van der Waals surface area contributed by atoms with Gasteiger partial charge in [-0.05, 0) is 61.8 Å². The van der Waals surface area contributed by atoms with E-state index in [9.17, 15) is 0 Å². The maximum atomic E-state index is 5.96. The lowest BCUT2D eigenvalue weighted by Gasteiger charge is -2.24. The standard InChI is InChI=1S/C17H26ClNO/c1-13(9-10-20-2)15(12-19-17-7-8-17)11-14-3-5-16(18)6-4-14/h3-6,13,15,17,19H,7-12H2,1-2H3. The van der Waals surface area contributed by atoms with Crippen LogP contribution in [0.15, 0.2) is 24.3 Å². The van der Waals surface area contributed by atoms with Gasteiger partial charge in [-0.25, -0.2) is 0 Å². The zero-order chi connectivity index (χ0) is 14.4. The topological polar surface area (TPSA) is 21.3 Å². The van der Waals surface area contributed by atoms with Gasteiger partial charge in [0, 0.05) is 24.8 Å². The van der Waals surface area contributed by atoms with Gasteiger partial charge in [-0.2, -0.15) is 0 Å². The summed E-state index contributed by atoms with van der Waals surface area (Å²) in [6.07, 6.45) is 4.93. The summed E-state index contributed by atoms with van der Waals surface area (Å²) in [7, 11) is 1.78. The van der Waals surface area contributed by atoms with E-state index in [2.05, 4.69) is 24.4 Å². The number of benzene rings is 1. The van der Waals surface area contributed by atoms with E-state index in [0.717, 1.165) is 37.1 Å². The summed E-state index contributed by atoms with van der Waals surface area (Å²) < 4.78 is 5.23. The van der Waals surface area contributed by atoms with Crippen molar-refractivity contribution in [2.45, 2.75) is 38.6 Å². The number of rotatable bonds is 9. The van der Waals surface area contributed by atoms with Crippen molar-refractivity contribution in [3.63, 3.8) is 0 Å². The summed E-state index contributed by atoms with van der Waals surface area (Å²) in [4.78, 5) is 0. The highest BCUT2D eigenvalue weighted by Gasteiger charge is 2.24. The zero-order valence-electron chi connectivity index (χ0n) is 12.6. The van der Waals surface area contributed by atoms with E-state index in [1.54, 1.807) is 7.11 Å². The average molecular weight is 296 g/mol. The van der Waals surface area contributed by atoms with Crippen molar-refractivity contribution in [3.05, 3.63) is 34.9 Å². The van der Waals surface area contributed by atoms with E-state index in [1.165, 1.54) is 18.4 Å². The lowest BCUT2D eigenvalue weighted by Crippen LogP contribution is -2.30. The highest BCUT2D eigenvalue weighted by atomic mass is 35.5. The number of ether oxygens (including phenoxy) is 1. The molecule has 1 N–H and O–H groups in total. The molecule has 0 radical (unpaired) electrons. The first-order valence-electron chi connectivity index (χ1n) is 7.65. The molecule has 20 heavy (non-hydrogen) atoms. The second kappa shape index (κ2) is 8.02. The Labute approximate surface area is 127 Å². The molecule has 2 rings (SSSR count). The Hall–Kier alpha value is -0.570. The molecule has 2 unspecified atom stereocenters. The monoisotopic (exact) mass is 295 g/mol. The molecule has 1 aromatic carbocycles. The van der Waals surface area contributed by atoms with E-state index in [0.29, 0.717) is 11.8 Å². The second-order valence-corrected chi connectivity index (χ2v) is 6.47. The van der Waals surface area contributed by atoms with Crippen molar-refractivity contribution in [2.75, 3.05) is 20.3 Å². The van der Waals surface area contributed by atoms with Gasteiger partial charge in [-0.3, -0.25) is 0 Å². The summed E-state index contributed by atoms with van der Waals surface area (Å²) >= 11 is 5.96. The fraction of sp³-hybridized carbons (Fsp3) is 0.647. The number of halogens is 1. The molecule has 1 aliphatic rings. The minimum Gasteiger partial charge on any atom is -0.385 e. The highest BCUT2D eigenvalue weighted by molar-refractivity contribution is 6.30. The largest absolute Gasteiger partial charge is 0.385 e. The Kier molecular flexibility index (Phi) is 6.34. The van der Waals surface area contributed by atoms with Crippen molar-refractivity contribution in [1.82, 2.24) is 5.32 Å². The van der Waals surface area contributed by atoms with Crippen molar-refractivity contribution in [1.29, 1.82) is 0 Å². The molecule has 1 aromatic rings. The first-order chi connectivity index (χ1) is 9.69. The number of nitrogens with one attached hydrogen (secondary N) is 1. The van der Waals surface area contributed by atoms with E-state index < -0.39 is 0 Å². The lowest BCUT2D eigenvalue weighted by atomic mass is 9.86. The van der Waals surface area contributed by atoms with E-state index in [1.807, 2.05) is 12.1 Å². The smallest absolute Gasteiger partial charge is 0.0464 e. The van der Waals surface area contributed by atoms with Crippen molar-refractivity contribution in [2.24, 2.45) is 11.8 Å². The van der Waals surface area contributed by atoms with E-state index in [-0.39, 0.29) is 0 Å². The zero-order valence-corrected chi connectivity index (χ0v) is 13.3. The van der Waals surface area contributed by atoms with Gasteiger partial charge in [-0.1, -0.05) is 30.7 Å². The van der Waals surface area contributed by atoms with E-state index >= 15 is 0 Å². The van der Waals surface area contributed by atoms with Gasteiger partial charge >= 0.3 is 0 Å². The third kappa shape index (κ3) is 5.43. The first-order valence-corrected chi connectivity index (χ1v) is 8.03. The number of hydrogen-bond donors (Lipinski definition) is 1. The van der Waals surface area contributed by atoms with Crippen LogP contribution in [-0.4, -0.2) is 26.3 Å². The maximum absolute atomic E-state index is 5.96. The van der Waals surface area contributed by atoms with Crippen molar-refractivity contribution in [3.8, 4) is 0 Å². The molecule has 2 atom stereocenters. The molecule has 0 heterocycles. The predicted molar refractivity (Wildman–Crippen MR) is 85.3 cm³/mol. The molecule has 1 saturated carbocycles. The molecule has 0 bridgehead atoms. The molecule has 1 aliphatic carbocycles. The fourth-order valence-corrected chi connectivity index (χ4v) is 2.67. The Morgan fingerprint density at radius 1 is 1.30 bits per heavy atom. The van der Waals surface area contributed by atoms with Gasteiger partial charge in [0.25, 0.3) is 0 Å². The fourth-order valence-electron chi connectivity index (χ4n) is 2.54. The summed E-state index contributed by atoms with van der Waals surface area (Å²) in [6, 6.07) is 9.05. The van der Waals surface area contributed by atoms with Crippen LogP contribution in [0.3, 0.4) is 0 Å². The normalized spacial score (nSPS) is 17.9. The van der Waals surface area contributed by atoms with Crippen LogP contribution in [0.5, 0.6) is 0 Å². The first kappa shape index (κ1) is 15.8. The Morgan fingerprint density at radius 2 is 2.00 bits per heavy atom. The van der Waals surface area contributed by atoms with Gasteiger partial charge in [0.2, 0.25) is 0 Å². The molecule has 2 nitrogen and oxygen atoms in total. The van der Waals surface area contributed by atoms with Crippen LogP contribution in [-0.2, 0) is 11.2 Å². The Morgan fingerprint density at radius 3 is 2.60 bits per heavy atom. The van der Waals surface area contributed by atoms with Gasteiger partial charge in [0.15, 0.2) is 0 Å². The molecule has 1 fully saturated rings. The molecular formula is C17H26ClNO. The molecule has 0 amide bonds. The van der Waals surface area contributed by atoms with Crippen LogP contribution in [0.25, 0.3) is 0 Å². The second-order valence-electron chi connectivity index (χ2n) is 6.03. The quantitative estimate of drug-likeness (QED) is 0.745. The predicted octanol–water partition coefficient (Wildman–Crippen LogP) is 3.92. The van der Waals surface area contributed by atoms with Crippen LogP contribution in [0.1, 0.15) is 31.7 Å². The summed E-state index contributed by atoms with van der Waals surface area (Å²) in [5, 5.41) is 4.49. The van der Waals surface area contributed by atoms with Gasteiger partial charge in [-0.15, -0.1) is 0 Å². The third-order valence-corrected chi connectivity index (χ3v) is 4.49. The van der Waals surface area contributed by atoms with Crippen LogP contribution in [0.4, 0.5) is 0 Å². The molecule has 0 aromatic heterocycles. The van der Waals surface area contributed by atoms with Crippen LogP contribution >= 0.6 is 11.6 Å². The Balaban J connectivity index is 1.90. The van der Waals surface area contributed by atoms with Gasteiger partial charge < -0.3 is 10.1 Å². The van der Waals surface area contributed by atoms with E-state index in [4.69, 9.17) is 16.3 Å². The molecule has 3 heteroatoms. The van der Waals surface area contributed by atoms with Crippen molar-refractivity contribution >= 4 is 11.6 Å². The number of methoxy groups -OCH3 is 1. The average Bonchev–Trinajstić information content (AvgIpc) is 3.27. The molecule has 0 saturated heterocycles. The van der Waals surface area contributed by atoms with Crippen LogP contribution in [0.2, 0.25) is 5.02 Å². The van der Waals surface area contributed by atoms with Gasteiger partial charge in [0.1, 0.15) is 0 Å². The molecular weight excluding hydrogens is 270 g/mol. The molecule has 0 aliphatic heterocycles. The maximum Gasteiger partial charge on any atom is 0.0464 e.